The van der Waals surface area contributed by atoms with E-state index in [2.05, 4.69) is 10.3 Å². The van der Waals surface area contributed by atoms with E-state index in [1.165, 1.54) is 5.56 Å². The van der Waals surface area contributed by atoms with Crippen molar-refractivity contribution in [3.63, 3.8) is 0 Å². The minimum absolute atomic E-state index is 0.169. The summed E-state index contributed by atoms with van der Waals surface area (Å²) in [4.78, 5) is 16.0. The fourth-order valence-corrected chi connectivity index (χ4v) is 2.10. The molecule has 4 nitrogen and oxygen atoms in total. The standard InChI is InChI=1S/C12H15N3O/c1-7-4-5-9(8(2)6-7)12(3)10(16)14-11(13)15-12/h4-6H,1-3H3,(H3,13,14,15,16). The number of carbonyl (C=O) groups excluding carboxylic acids is 1. The van der Waals surface area contributed by atoms with Crippen LogP contribution in [0.5, 0.6) is 0 Å². The Hall–Kier alpha value is -1.84. The predicted molar refractivity (Wildman–Crippen MR) is 63.0 cm³/mol. The van der Waals surface area contributed by atoms with Crippen LogP contribution in [0.15, 0.2) is 23.2 Å². The van der Waals surface area contributed by atoms with Crippen molar-refractivity contribution in [1.29, 1.82) is 0 Å². The third kappa shape index (κ3) is 1.46. The van der Waals surface area contributed by atoms with Gasteiger partial charge in [-0.05, 0) is 31.9 Å². The lowest BCUT2D eigenvalue weighted by Crippen LogP contribution is -2.37. The van der Waals surface area contributed by atoms with E-state index >= 15 is 0 Å². The number of nitrogens with one attached hydrogen (secondary N) is 1. The Morgan fingerprint density at radius 1 is 1.38 bits per heavy atom. The Kier molecular flexibility index (Phi) is 2.22. The zero-order valence-corrected chi connectivity index (χ0v) is 9.66. The molecule has 1 atom stereocenters. The second-order valence-electron chi connectivity index (χ2n) is 4.34. The average Bonchev–Trinajstić information content (AvgIpc) is 2.40. The topological polar surface area (TPSA) is 67.5 Å². The first-order valence-electron chi connectivity index (χ1n) is 5.18. The van der Waals surface area contributed by atoms with Gasteiger partial charge in [-0.2, -0.15) is 0 Å². The highest BCUT2D eigenvalue weighted by Gasteiger charge is 2.40. The van der Waals surface area contributed by atoms with Gasteiger partial charge in [0.05, 0.1) is 0 Å². The van der Waals surface area contributed by atoms with Crippen molar-refractivity contribution < 1.29 is 4.79 Å². The molecule has 1 heterocycles. The molecule has 0 fully saturated rings. The third-order valence-electron chi connectivity index (χ3n) is 2.93. The third-order valence-corrected chi connectivity index (χ3v) is 2.93. The Morgan fingerprint density at radius 2 is 2.06 bits per heavy atom. The zero-order chi connectivity index (χ0) is 11.9. The van der Waals surface area contributed by atoms with E-state index in [1.54, 1.807) is 6.92 Å². The lowest BCUT2D eigenvalue weighted by atomic mass is 9.88. The molecular weight excluding hydrogens is 202 g/mol. The molecule has 1 unspecified atom stereocenters. The molecule has 0 bridgehead atoms. The summed E-state index contributed by atoms with van der Waals surface area (Å²) in [6.45, 7) is 5.77. The SMILES string of the molecule is Cc1ccc(C2(C)N=C(N)NC2=O)c(C)c1. The van der Waals surface area contributed by atoms with E-state index in [1.807, 2.05) is 32.0 Å². The minimum Gasteiger partial charge on any atom is -0.370 e. The Labute approximate surface area is 94.6 Å². The number of guanidine groups is 1. The number of aliphatic imine (C=N–C) groups is 1. The molecule has 4 heteroatoms. The molecular formula is C12H15N3O. The molecule has 0 saturated carbocycles. The van der Waals surface area contributed by atoms with Crippen LogP contribution < -0.4 is 11.1 Å². The molecule has 1 aliphatic rings. The predicted octanol–water partition coefficient (Wildman–Crippen LogP) is 0.963. The number of aryl methyl sites for hydroxylation is 2. The quantitative estimate of drug-likeness (QED) is 0.735. The highest BCUT2D eigenvalue weighted by molar-refractivity contribution is 6.07. The van der Waals surface area contributed by atoms with Gasteiger partial charge >= 0.3 is 0 Å². The van der Waals surface area contributed by atoms with Crippen LogP contribution in [-0.2, 0) is 10.3 Å². The Bertz CT molecular complexity index is 493. The van der Waals surface area contributed by atoms with Crippen LogP contribution in [0.4, 0.5) is 0 Å². The number of rotatable bonds is 1. The van der Waals surface area contributed by atoms with E-state index < -0.39 is 5.54 Å². The molecule has 0 saturated heterocycles. The van der Waals surface area contributed by atoms with Crippen LogP contribution in [0, 0.1) is 13.8 Å². The summed E-state index contributed by atoms with van der Waals surface area (Å²) in [7, 11) is 0. The van der Waals surface area contributed by atoms with E-state index in [4.69, 9.17) is 5.73 Å². The molecule has 1 aromatic rings. The molecule has 1 aliphatic heterocycles. The number of nitrogens with zero attached hydrogens (tertiary/aromatic N) is 1. The summed E-state index contributed by atoms with van der Waals surface area (Å²) in [6, 6.07) is 5.95. The van der Waals surface area contributed by atoms with Crippen molar-refractivity contribution in [3.8, 4) is 0 Å². The zero-order valence-electron chi connectivity index (χ0n) is 9.66. The second-order valence-corrected chi connectivity index (χ2v) is 4.34. The van der Waals surface area contributed by atoms with Gasteiger partial charge in [-0.25, -0.2) is 4.99 Å². The monoisotopic (exact) mass is 217 g/mol. The average molecular weight is 217 g/mol. The molecule has 0 aromatic heterocycles. The fraction of sp³-hybridized carbons (Fsp3) is 0.333. The number of carbonyl (C=O) groups is 1. The van der Waals surface area contributed by atoms with E-state index in [9.17, 15) is 4.79 Å². The van der Waals surface area contributed by atoms with Crippen LogP contribution in [-0.4, -0.2) is 11.9 Å². The van der Waals surface area contributed by atoms with Gasteiger partial charge < -0.3 is 5.73 Å². The maximum Gasteiger partial charge on any atom is 0.259 e. The number of hydrogen-bond acceptors (Lipinski definition) is 3. The summed E-state index contributed by atoms with van der Waals surface area (Å²) < 4.78 is 0. The first kappa shape index (κ1) is 10.7. The molecule has 84 valence electrons. The maximum atomic E-state index is 11.8. The van der Waals surface area contributed by atoms with Gasteiger partial charge in [0.1, 0.15) is 0 Å². The minimum atomic E-state index is -0.887. The van der Waals surface area contributed by atoms with Gasteiger partial charge in [0.15, 0.2) is 11.5 Å². The number of hydrogen-bond donors (Lipinski definition) is 2. The molecule has 2 rings (SSSR count). The van der Waals surface area contributed by atoms with Crippen molar-refractivity contribution in [2.45, 2.75) is 26.3 Å². The smallest absolute Gasteiger partial charge is 0.259 e. The van der Waals surface area contributed by atoms with Gasteiger partial charge in [-0.3, -0.25) is 10.1 Å². The normalized spacial score (nSPS) is 24.2. The number of benzene rings is 1. The molecule has 1 aromatic carbocycles. The molecule has 3 N–H and O–H groups in total. The van der Waals surface area contributed by atoms with E-state index in [0.717, 1.165) is 11.1 Å². The van der Waals surface area contributed by atoms with Gasteiger partial charge in [0, 0.05) is 0 Å². The van der Waals surface area contributed by atoms with Gasteiger partial charge in [0.25, 0.3) is 5.91 Å². The molecule has 0 radical (unpaired) electrons. The highest BCUT2D eigenvalue weighted by Crippen LogP contribution is 2.31. The summed E-state index contributed by atoms with van der Waals surface area (Å²) in [5.74, 6) is 0.0180. The number of amides is 1. The largest absolute Gasteiger partial charge is 0.370 e. The molecule has 1 amide bonds. The first-order valence-corrected chi connectivity index (χ1v) is 5.18. The van der Waals surface area contributed by atoms with Crippen molar-refractivity contribution in [2.75, 3.05) is 0 Å². The van der Waals surface area contributed by atoms with Crippen LogP contribution in [0.3, 0.4) is 0 Å². The van der Waals surface area contributed by atoms with Crippen molar-refractivity contribution in [3.05, 3.63) is 34.9 Å². The lowest BCUT2D eigenvalue weighted by Gasteiger charge is -2.20. The van der Waals surface area contributed by atoms with E-state index in [-0.39, 0.29) is 11.9 Å². The fourth-order valence-electron chi connectivity index (χ4n) is 2.10. The highest BCUT2D eigenvalue weighted by atomic mass is 16.2. The second kappa shape index (κ2) is 3.33. The summed E-state index contributed by atoms with van der Waals surface area (Å²) in [5.41, 5.74) is 7.77. The summed E-state index contributed by atoms with van der Waals surface area (Å²) >= 11 is 0. The first-order chi connectivity index (χ1) is 7.43. The van der Waals surface area contributed by atoms with Gasteiger partial charge in [-0.15, -0.1) is 0 Å². The van der Waals surface area contributed by atoms with Crippen molar-refractivity contribution in [1.82, 2.24) is 5.32 Å². The Morgan fingerprint density at radius 3 is 2.56 bits per heavy atom. The van der Waals surface area contributed by atoms with Gasteiger partial charge in [-0.1, -0.05) is 23.8 Å². The van der Waals surface area contributed by atoms with Crippen molar-refractivity contribution >= 4 is 11.9 Å². The van der Waals surface area contributed by atoms with Crippen molar-refractivity contribution in [2.24, 2.45) is 10.7 Å². The van der Waals surface area contributed by atoms with Crippen LogP contribution in [0.1, 0.15) is 23.6 Å². The lowest BCUT2D eigenvalue weighted by molar-refractivity contribution is -0.123. The Balaban J connectivity index is 2.56. The number of nitrogens with two attached hydrogens (primary N) is 1. The van der Waals surface area contributed by atoms with E-state index in [0.29, 0.717) is 0 Å². The van der Waals surface area contributed by atoms with Crippen LogP contribution in [0.25, 0.3) is 0 Å². The maximum absolute atomic E-state index is 11.8. The molecule has 16 heavy (non-hydrogen) atoms. The van der Waals surface area contributed by atoms with Gasteiger partial charge in [0.2, 0.25) is 0 Å². The van der Waals surface area contributed by atoms with Crippen LogP contribution in [0.2, 0.25) is 0 Å². The molecule has 0 aliphatic carbocycles. The summed E-state index contributed by atoms with van der Waals surface area (Å²) in [5, 5.41) is 2.54. The molecule has 0 spiro atoms. The summed E-state index contributed by atoms with van der Waals surface area (Å²) in [6.07, 6.45) is 0. The van der Waals surface area contributed by atoms with Crippen LogP contribution >= 0.6 is 0 Å².